The van der Waals surface area contributed by atoms with Crippen LogP contribution in [0.5, 0.6) is 0 Å². The van der Waals surface area contributed by atoms with Gasteiger partial charge in [0.05, 0.1) is 17.8 Å². The summed E-state index contributed by atoms with van der Waals surface area (Å²) in [5.41, 5.74) is -0.464. The average Bonchev–Trinajstić information content (AvgIpc) is 2.82. The van der Waals surface area contributed by atoms with Crippen LogP contribution in [0.4, 0.5) is 0 Å². The third-order valence-electron chi connectivity index (χ3n) is 10.3. The molecular weight excluding hydrogens is 312 g/mol. The van der Waals surface area contributed by atoms with Gasteiger partial charge in [0.1, 0.15) is 0 Å². The van der Waals surface area contributed by atoms with Gasteiger partial charge in [-0.15, -0.1) is 0 Å². The number of hydrogen-bond acceptors (Lipinski definition) is 3. The van der Waals surface area contributed by atoms with E-state index >= 15 is 0 Å². The van der Waals surface area contributed by atoms with Gasteiger partial charge >= 0.3 is 0 Å². The van der Waals surface area contributed by atoms with Crippen molar-refractivity contribution in [2.75, 3.05) is 0 Å². The minimum atomic E-state index is -0.910. The Morgan fingerprint density at radius 3 is 2.12 bits per heavy atom. The lowest BCUT2D eigenvalue weighted by Crippen LogP contribution is -2.61. The van der Waals surface area contributed by atoms with Crippen LogP contribution < -0.4 is 0 Å². The van der Waals surface area contributed by atoms with Crippen LogP contribution in [0.15, 0.2) is 0 Å². The van der Waals surface area contributed by atoms with Gasteiger partial charge in [-0.25, -0.2) is 0 Å². The highest BCUT2D eigenvalue weighted by Crippen LogP contribution is 2.71. The Morgan fingerprint density at radius 1 is 0.840 bits per heavy atom. The Hall–Kier alpha value is -0.120. The quantitative estimate of drug-likeness (QED) is 0.672. The molecule has 3 N–H and O–H groups in total. The van der Waals surface area contributed by atoms with Crippen molar-refractivity contribution < 1.29 is 15.3 Å². The molecule has 4 aliphatic carbocycles. The van der Waals surface area contributed by atoms with Crippen LogP contribution in [0.2, 0.25) is 0 Å². The van der Waals surface area contributed by atoms with Crippen LogP contribution in [0, 0.1) is 34.0 Å². The first-order chi connectivity index (χ1) is 11.6. The first-order valence-corrected chi connectivity index (χ1v) is 10.7. The lowest BCUT2D eigenvalue weighted by atomic mass is 9.40. The fourth-order valence-electron chi connectivity index (χ4n) is 8.35. The lowest BCUT2D eigenvalue weighted by Gasteiger charge is -2.65. The summed E-state index contributed by atoms with van der Waals surface area (Å²) in [5, 5.41) is 31.9. The van der Waals surface area contributed by atoms with E-state index in [-0.39, 0.29) is 16.9 Å². The minimum absolute atomic E-state index is 0.115. The highest BCUT2D eigenvalue weighted by molar-refractivity contribution is 5.16. The lowest BCUT2D eigenvalue weighted by molar-refractivity contribution is -0.203. The van der Waals surface area contributed by atoms with E-state index in [9.17, 15) is 15.3 Å². The number of hydrogen-bond donors (Lipinski definition) is 3. The average molecular weight is 351 g/mol. The van der Waals surface area contributed by atoms with Crippen molar-refractivity contribution in [3.05, 3.63) is 0 Å². The molecule has 4 aliphatic rings. The Labute approximate surface area is 153 Å². The van der Waals surface area contributed by atoms with E-state index in [0.717, 1.165) is 38.5 Å². The van der Waals surface area contributed by atoms with E-state index in [4.69, 9.17) is 0 Å². The summed E-state index contributed by atoms with van der Waals surface area (Å²) in [6, 6.07) is 0. The molecule has 4 rings (SSSR count). The third-order valence-corrected chi connectivity index (χ3v) is 10.3. The molecule has 3 nitrogen and oxygen atoms in total. The van der Waals surface area contributed by atoms with Crippen molar-refractivity contribution in [3.8, 4) is 0 Å². The molecule has 25 heavy (non-hydrogen) atoms. The first kappa shape index (κ1) is 18.3. The van der Waals surface area contributed by atoms with Gasteiger partial charge in [-0.3, -0.25) is 0 Å². The molecule has 0 radical (unpaired) electrons. The summed E-state index contributed by atoms with van der Waals surface area (Å²) in [6.07, 6.45) is 8.78. The van der Waals surface area contributed by atoms with Gasteiger partial charge in [-0.2, -0.15) is 0 Å². The Balaban J connectivity index is 1.67. The molecule has 4 fully saturated rings. The summed E-state index contributed by atoms with van der Waals surface area (Å²) in [6.45, 7) is 8.98. The fraction of sp³-hybridized carbons (Fsp3) is 1.00. The van der Waals surface area contributed by atoms with Gasteiger partial charge in [-0.1, -0.05) is 20.8 Å². The summed E-state index contributed by atoms with van der Waals surface area (Å²) < 4.78 is 0. The maximum Gasteiger partial charge on any atom is 0.0958 e. The molecule has 4 saturated carbocycles. The van der Waals surface area contributed by atoms with Crippen molar-refractivity contribution in [1.29, 1.82) is 0 Å². The second-order valence-corrected chi connectivity index (χ2v) is 10.9. The maximum absolute atomic E-state index is 11.3. The molecule has 0 bridgehead atoms. The van der Waals surface area contributed by atoms with Crippen LogP contribution in [-0.4, -0.2) is 33.1 Å². The van der Waals surface area contributed by atoms with Crippen molar-refractivity contribution in [2.24, 2.45) is 34.0 Å². The Bertz CT molecular complexity index is 547. The maximum atomic E-state index is 11.3. The zero-order chi connectivity index (χ0) is 18.3. The highest BCUT2D eigenvalue weighted by atomic mass is 16.3. The number of fused-ring (bicyclic) bond motifs is 5. The second kappa shape index (κ2) is 5.45. The van der Waals surface area contributed by atoms with Gasteiger partial charge in [0.2, 0.25) is 0 Å². The molecule has 3 heteroatoms. The van der Waals surface area contributed by atoms with Crippen molar-refractivity contribution >= 4 is 0 Å². The van der Waals surface area contributed by atoms with E-state index in [1.54, 1.807) is 6.92 Å². The number of rotatable bonds is 1. The molecule has 0 saturated heterocycles. The Morgan fingerprint density at radius 2 is 1.44 bits per heavy atom. The van der Waals surface area contributed by atoms with Crippen LogP contribution >= 0.6 is 0 Å². The topological polar surface area (TPSA) is 60.7 Å². The molecular formula is C22H38O3. The second-order valence-electron chi connectivity index (χ2n) is 10.9. The molecule has 144 valence electrons. The molecule has 0 unspecified atom stereocenters. The molecule has 0 spiro atoms. The fourth-order valence-corrected chi connectivity index (χ4v) is 8.35. The van der Waals surface area contributed by atoms with E-state index in [1.165, 1.54) is 19.3 Å². The summed E-state index contributed by atoms with van der Waals surface area (Å²) >= 11 is 0. The Kier molecular flexibility index (Phi) is 3.98. The normalized spacial score (nSPS) is 59.6. The molecule has 0 heterocycles. The number of aliphatic hydroxyl groups excluding tert-OH is 2. The predicted molar refractivity (Wildman–Crippen MR) is 99.0 cm³/mol. The SMILES string of the molecule is C[C@H](O)[C@@]1(O)CC[C@@H]2[C@@H]3CC[C@]4(C)C[C@H](O)CC[C@]4(C)[C@@H]3CC[C@@]21C. The third kappa shape index (κ3) is 2.15. The molecule has 0 aromatic rings. The van der Waals surface area contributed by atoms with Gasteiger partial charge < -0.3 is 15.3 Å². The van der Waals surface area contributed by atoms with Crippen LogP contribution in [0.3, 0.4) is 0 Å². The largest absolute Gasteiger partial charge is 0.393 e. The molecule has 0 amide bonds. The van der Waals surface area contributed by atoms with E-state index in [2.05, 4.69) is 20.8 Å². The van der Waals surface area contributed by atoms with Crippen LogP contribution in [0.25, 0.3) is 0 Å². The van der Waals surface area contributed by atoms with E-state index in [0.29, 0.717) is 23.2 Å². The van der Waals surface area contributed by atoms with Gasteiger partial charge in [0.15, 0.2) is 0 Å². The van der Waals surface area contributed by atoms with Crippen LogP contribution in [0.1, 0.15) is 85.5 Å². The van der Waals surface area contributed by atoms with E-state index < -0.39 is 11.7 Å². The van der Waals surface area contributed by atoms with Gasteiger partial charge in [0.25, 0.3) is 0 Å². The summed E-state index contributed by atoms with van der Waals surface area (Å²) in [5.74, 6) is 1.94. The zero-order valence-electron chi connectivity index (χ0n) is 16.6. The molecule has 9 atom stereocenters. The molecule has 0 aromatic carbocycles. The number of aliphatic hydroxyl groups is 3. The first-order valence-electron chi connectivity index (χ1n) is 10.7. The van der Waals surface area contributed by atoms with Gasteiger partial charge in [0, 0.05) is 5.41 Å². The van der Waals surface area contributed by atoms with Crippen molar-refractivity contribution in [1.82, 2.24) is 0 Å². The molecule has 0 aromatic heterocycles. The smallest absolute Gasteiger partial charge is 0.0958 e. The summed E-state index contributed by atoms with van der Waals surface area (Å²) in [4.78, 5) is 0. The molecule has 0 aliphatic heterocycles. The van der Waals surface area contributed by atoms with Crippen molar-refractivity contribution in [3.63, 3.8) is 0 Å². The predicted octanol–water partition coefficient (Wildman–Crippen LogP) is 3.89. The summed E-state index contributed by atoms with van der Waals surface area (Å²) in [7, 11) is 0. The van der Waals surface area contributed by atoms with E-state index in [1.807, 2.05) is 0 Å². The zero-order valence-corrected chi connectivity index (χ0v) is 16.6. The van der Waals surface area contributed by atoms with Gasteiger partial charge in [-0.05, 0) is 93.3 Å². The standard InChI is InChI=1S/C22H38O3/c1-14(23)22(25)12-8-18-16-6-9-19(2)13-15(24)5-10-20(19,3)17(16)7-11-21(18,22)4/h14-18,23-25H,5-13H2,1-4H3/t14-,15+,16+,17+,18+,19+,20+,21-,22-/m0/s1. The van der Waals surface area contributed by atoms with Crippen molar-refractivity contribution in [2.45, 2.75) is 103 Å². The minimum Gasteiger partial charge on any atom is -0.393 e. The highest BCUT2D eigenvalue weighted by Gasteiger charge is 2.67. The van der Waals surface area contributed by atoms with Crippen LogP contribution in [-0.2, 0) is 0 Å². The monoisotopic (exact) mass is 350 g/mol.